The van der Waals surface area contributed by atoms with E-state index in [9.17, 15) is 8.42 Å². The Hall–Kier alpha value is -1.63. The first-order chi connectivity index (χ1) is 8.17. The number of amidine groups is 1. The Morgan fingerprint density at radius 1 is 1.50 bits per heavy atom. The number of hydrogen-bond donors (Lipinski definition) is 2. The highest BCUT2D eigenvalue weighted by atomic mass is 32.2. The van der Waals surface area contributed by atoms with Gasteiger partial charge in [0.2, 0.25) is 0 Å². The molecule has 0 spiro atoms. The second-order valence-corrected chi connectivity index (χ2v) is 5.38. The molecule has 3 N–H and O–H groups in total. The Morgan fingerprint density at radius 3 is 2.44 bits per heavy atom. The van der Waals surface area contributed by atoms with Crippen LogP contribution in [-0.2, 0) is 14.3 Å². The zero-order valence-corrected chi connectivity index (χ0v) is 11.7. The average Bonchev–Trinajstić information content (AvgIpc) is 2.21. The number of nitrogens with zero attached hydrogens (tertiary/aromatic N) is 1. The average molecular weight is 273 g/mol. The molecule has 6 nitrogen and oxygen atoms in total. The predicted molar refractivity (Wildman–Crippen MR) is 73.3 cm³/mol. The molecule has 0 radical (unpaired) electrons. The summed E-state index contributed by atoms with van der Waals surface area (Å²) in [6.45, 7) is 6.99. The Balaban J connectivity index is 5.37. The van der Waals surface area contributed by atoms with Crippen molar-refractivity contribution in [2.45, 2.75) is 20.3 Å². The number of rotatable bonds is 7. The summed E-state index contributed by atoms with van der Waals surface area (Å²) in [5, 5.41) is 7.40. The van der Waals surface area contributed by atoms with Crippen molar-refractivity contribution in [2.24, 2.45) is 10.7 Å². The summed E-state index contributed by atoms with van der Waals surface area (Å²) < 4.78 is 27.1. The van der Waals surface area contributed by atoms with Gasteiger partial charge in [0.1, 0.15) is 11.6 Å². The number of allylic oxidation sites excluding steroid dienone is 1. The van der Waals surface area contributed by atoms with Crippen molar-refractivity contribution in [3.8, 4) is 0 Å². The molecule has 18 heavy (non-hydrogen) atoms. The van der Waals surface area contributed by atoms with Gasteiger partial charge in [0.15, 0.2) is 0 Å². The van der Waals surface area contributed by atoms with Crippen LogP contribution in [0.1, 0.15) is 20.3 Å². The van der Waals surface area contributed by atoms with Gasteiger partial charge in [-0.05, 0) is 13.8 Å². The van der Waals surface area contributed by atoms with Crippen LogP contribution < -0.4 is 5.73 Å². The zero-order chi connectivity index (χ0) is 14.3. The zero-order valence-electron chi connectivity index (χ0n) is 10.9. The van der Waals surface area contributed by atoms with Gasteiger partial charge in [-0.2, -0.15) is 8.42 Å². The lowest BCUT2D eigenvalue weighted by atomic mass is 10.1. The van der Waals surface area contributed by atoms with Gasteiger partial charge >= 0.3 is 10.1 Å². The summed E-state index contributed by atoms with van der Waals surface area (Å²) in [6.07, 6.45) is 2.58. The van der Waals surface area contributed by atoms with E-state index >= 15 is 0 Å². The molecule has 0 aromatic carbocycles. The van der Waals surface area contributed by atoms with Crippen LogP contribution in [0.3, 0.4) is 0 Å². The van der Waals surface area contributed by atoms with E-state index in [0.717, 1.165) is 6.26 Å². The van der Waals surface area contributed by atoms with E-state index in [1.54, 1.807) is 19.9 Å². The van der Waals surface area contributed by atoms with Crippen LogP contribution in [0.2, 0.25) is 0 Å². The maximum absolute atomic E-state index is 11.1. The molecule has 0 aliphatic heterocycles. The lowest BCUT2D eigenvalue weighted by Crippen LogP contribution is -2.18. The number of nitrogens with one attached hydrogen (secondary N) is 1. The smallest absolute Gasteiger partial charge is 0.305 e. The van der Waals surface area contributed by atoms with E-state index in [1.165, 1.54) is 0 Å². The minimum atomic E-state index is -3.65. The minimum absolute atomic E-state index is 0.0726. The minimum Gasteiger partial charge on any atom is -0.386 e. The molecule has 0 fully saturated rings. The highest BCUT2D eigenvalue weighted by Gasteiger charge is 2.14. The van der Waals surface area contributed by atoms with Crippen LogP contribution in [0.4, 0.5) is 0 Å². The molecule has 0 unspecified atom stereocenters. The van der Waals surface area contributed by atoms with E-state index in [2.05, 4.69) is 11.6 Å². The first-order valence-corrected chi connectivity index (χ1v) is 7.03. The Bertz CT molecular complexity index is 490. The van der Waals surface area contributed by atoms with Gasteiger partial charge in [-0.3, -0.25) is 4.99 Å². The van der Waals surface area contributed by atoms with Crippen molar-refractivity contribution in [1.29, 1.82) is 5.41 Å². The normalized spacial score (nSPS) is 13.8. The molecule has 0 aliphatic rings. The van der Waals surface area contributed by atoms with Crippen molar-refractivity contribution in [1.82, 2.24) is 0 Å². The van der Waals surface area contributed by atoms with Crippen molar-refractivity contribution >= 4 is 21.7 Å². The lowest BCUT2D eigenvalue weighted by Gasteiger charge is -2.11. The van der Waals surface area contributed by atoms with Crippen molar-refractivity contribution in [2.75, 3.05) is 12.8 Å². The molecule has 0 aliphatic carbocycles. The summed E-state index contributed by atoms with van der Waals surface area (Å²) in [5.74, 6) is 0.296. The molecule has 0 saturated carbocycles. The van der Waals surface area contributed by atoms with E-state index in [1.807, 2.05) is 0 Å². The molecule has 0 aromatic heterocycles. The first kappa shape index (κ1) is 16.4. The van der Waals surface area contributed by atoms with Gasteiger partial charge in [-0.25, -0.2) is 0 Å². The molecular weight excluding hydrogens is 254 g/mol. The highest BCUT2D eigenvalue weighted by Crippen LogP contribution is 2.14. The molecule has 0 amide bonds. The standard InChI is InChI=1S/C11H19N3O3S/c1-5-6-14-11(13)9(3)10(7-8(2)12)17-18(4,15)16/h5,12H,1,6-7H2,2-4H3,(H2,13,14). The third-order valence-corrected chi connectivity index (χ3v) is 2.37. The lowest BCUT2D eigenvalue weighted by molar-refractivity contribution is 0.404. The summed E-state index contributed by atoms with van der Waals surface area (Å²) in [7, 11) is -3.65. The van der Waals surface area contributed by atoms with Crippen LogP contribution in [0, 0.1) is 5.41 Å². The third kappa shape index (κ3) is 6.85. The first-order valence-electron chi connectivity index (χ1n) is 5.21. The number of aliphatic imine (C=N–C) groups is 1. The Kier molecular flexibility index (Phi) is 6.32. The predicted octanol–water partition coefficient (Wildman–Crippen LogP) is 1.21. The maximum atomic E-state index is 11.1. The molecule has 0 aromatic rings. The fourth-order valence-electron chi connectivity index (χ4n) is 1.07. The fourth-order valence-corrected chi connectivity index (χ4v) is 1.62. The van der Waals surface area contributed by atoms with E-state index in [4.69, 9.17) is 15.3 Å². The number of hydrogen-bond acceptors (Lipinski definition) is 5. The largest absolute Gasteiger partial charge is 0.386 e. The van der Waals surface area contributed by atoms with Crippen LogP contribution in [0.15, 0.2) is 29.0 Å². The summed E-state index contributed by atoms with van der Waals surface area (Å²) in [6, 6.07) is 0. The van der Waals surface area contributed by atoms with Crippen molar-refractivity contribution < 1.29 is 12.6 Å². The Labute approximate surface area is 108 Å². The molecule has 0 saturated heterocycles. The molecule has 7 heteroatoms. The summed E-state index contributed by atoms with van der Waals surface area (Å²) in [5.41, 5.74) is 6.38. The molecular formula is C11H19N3O3S. The third-order valence-electron chi connectivity index (χ3n) is 1.87. The highest BCUT2D eigenvalue weighted by molar-refractivity contribution is 7.86. The molecule has 0 heterocycles. The van der Waals surface area contributed by atoms with Crippen LogP contribution in [0.25, 0.3) is 0 Å². The monoisotopic (exact) mass is 273 g/mol. The SMILES string of the molecule is C=CCN=C(N)C(C)=C(CC(C)=N)OS(C)(=O)=O. The quantitative estimate of drug-likeness (QED) is 0.239. The van der Waals surface area contributed by atoms with Crippen molar-refractivity contribution in [3.63, 3.8) is 0 Å². The Morgan fingerprint density at radius 2 is 2.06 bits per heavy atom. The summed E-state index contributed by atoms with van der Waals surface area (Å²) in [4.78, 5) is 3.97. The molecule has 0 rings (SSSR count). The van der Waals surface area contributed by atoms with Gasteiger partial charge in [-0.1, -0.05) is 6.08 Å². The van der Waals surface area contributed by atoms with Crippen LogP contribution in [0.5, 0.6) is 0 Å². The van der Waals surface area contributed by atoms with Gasteiger partial charge in [0, 0.05) is 17.7 Å². The van der Waals surface area contributed by atoms with E-state index in [0.29, 0.717) is 12.1 Å². The molecule has 0 atom stereocenters. The topological polar surface area (TPSA) is 106 Å². The van der Waals surface area contributed by atoms with Gasteiger partial charge in [-0.15, -0.1) is 6.58 Å². The van der Waals surface area contributed by atoms with E-state index in [-0.39, 0.29) is 23.7 Å². The van der Waals surface area contributed by atoms with Gasteiger partial charge in [0.05, 0.1) is 12.8 Å². The van der Waals surface area contributed by atoms with Gasteiger partial charge < -0.3 is 15.3 Å². The van der Waals surface area contributed by atoms with Crippen LogP contribution >= 0.6 is 0 Å². The summed E-state index contributed by atoms with van der Waals surface area (Å²) >= 11 is 0. The molecule has 0 bridgehead atoms. The van der Waals surface area contributed by atoms with E-state index < -0.39 is 10.1 Å². The second kappa shape index (κ2) is 6.95. The van der Waals surface area contributed by atoms with Crippen molar-refractivity contribution in [3.05, 3.63) is 24.0 Å². The van der Waals surface area contributed by atoms with Gasteiger partial charge in [0.25, 0.3) is 0 Å². The second-order valence-electron chi connectivity index (χ2n) is 3.81. The maximum Gasteiger partial charge on any atom is 0.305 e. The molecule has 102 valence electrons. The van der Waals surface area contributed by atoms with Crippen LogP contribution in [-0.4, -0.2) is 32.8 Å². The number of nitrogens with two attached hydrogens (primary N) is 1. The fraction of sp³-hybridized carbons (Fsp3) is 0.455.